The first-order chi connectivity index (χ1) is 45.9. The second-order valence-electron chi connectivity index (χ2n) is 43.2. The van der Waals surface area contributed by atoms with E-state index in [0.717, 1.165) is 11.5 Å². The molecule has 0 bridgehead atoms. The van der Waals surface area contributed by atoms with Crippen molar-refractivity contribution < 1.29 is 0 Å². The highest BCUT2D eigenvalue weighted by molar-refractivity contribution is 5.82. The molecule has 9 rings (SSSR count). The van der Waals surface area contributed by atoms with Crippen LogP contribution in [0.1, 0.15) is 352 Å². The van der Waals surface area contributed by atoms with Gasteiger partial charge in [-0.2, -0.15) is 5.10 Å². The zero-order chi connectivity index (χ0) is 79.9. The minimum absolute atomic E-state index is 0.0381. The number of aromatic nitrogens is 7. The number of pyridine rings is 1. The average Bonchev–Trinajstić information content (AvgIpc) is 1.69. The van der Waals surface area contributed by atoms with E-state index in [1.807, 2.05) is 29.5 Å². The molecule has 0 unspecified atom stereocenters. The molecule has 0 amide bonds. The molecule has 0 spiro atoms. The highest BCUT2D eigenvalue weighted by atomic mass is 15.3. The van der Waals surface area contributed by atoms with Gasteiger partial charge in [-0.05, 0) is 214 Å². The Hall–Kier alpha value is -6.60. The first kappa shape index (κ1) is 90.6. The number of fused-ring (bicyclic) bond motifs is 2. The van der Waals surface area contributed by atoms with E-state index in [-0.39, 0.29) is 76.2 Å². The van der Waals surface area contributed by atoms with Crippen molar-refractivity contribution in [3.05, 3.63) is 214 Å². The van der Waals surface area contributed by atoms with Gasteiger partial charge in [-0.1, -0.05) is 295 Å². The summed E-state index contributed by atoms with van der Waals surface area (Å²) in [6, 6.07) is 40.3. The zero-order valence-corrected chi connectivity index (χ0v) is 74.1. The molecule has 0 saturated carbocycles. The van der Waals surface area contributed by atoms with Crippen molar-refractivity contribution in [1.29, 1.82) is 0 Å². The molecule has 9 aromatic rings. The highest BCUT2D eigenvalue weighted by Gasteiger charge is 2.26. The van der Waals surface area contributed by atoms with Crippen LogP contribution in [0.3, 0.4) is 0 Å². The van der Waals surface area contributed by atoms with Gasteiger partial charge < -0.3 is 9.13 Å². The lowest BCUT2D eigenvalue weighted by Crippen LogP contribution is -2.22. The molecule has 0 aliphatic rings. The Morgan fingerprint density at radius 2 is 0.534 bits per heavy atom. The molecule has 0 fully saturated rings. The van der Waals surface area contributed by atoms with Gasteiger partial charge in [-0.15, -0.1) is 0 Å². The molecule has 103 heavy (non-hydrogen) atoms. The van der Waals surface area contributed by atoms with Crippen molar-refractivity contribution in [3.8, 4) is 0 Å². The molecule has 4 aromatic carbocycles. The molecule has 5 heterocycles. The second-order valence-corrected chi connectivity index (χ2v) is 43.2. The van der Waals surface area contributed by atoms with Gasteiger partial charge in [0.15, 0.2) is 0 Å². The standard InChI is InChI=1S/2C16H23N.2C14H22.C13H21N.C12H20N2.C11H20N2/c2*1-15(2,3)13-7-8-14-12(11-13)9-10-17(14)16(4,5)6;1-13(2,3)11-7-9-12(10-8-11)14(4,5)6;1-13(2,3)11-8-7-9-12(10-11)14(4,5)6;1-12(2,3)10-7-8-11(14-9-10)13(4,5)6;1-11(2,3)9-7-13-10(14-8-9)12(4,5)6;1-10(2,3)9-7-12-13(8-9)11(4,5)6/h2*7-11H,1-6H3;2*7-10H,1-6H3;7-9H,1-6H3;7-8H,1-6H3;7-8H,1-6H3. The van der Waals surface area contributed by atoms with E-state index in [1.165, 1.54) is 71.9 Å². The summed E-state index contributed by atoms with van der Waals surface area (Å²) < 4.78 is 6.71. The van der Waals surface area contributed by atoms with Crippen LogP contribution < -0.4 is 0 Å². The Balaban J connectivity index is 0.000000313. The molecule has 0 aliphatic heterocycles. The number of nitrogens with zero attached hydrogens (tertiary/aromatic N) is 7. The first-order valence-corrected chi connectivity index (χ1v) is 38.3. The lowest BCUT2D eigenvalue weighted by Gasteiger charge is -2.24. The topological polar surface area (TPSA) is 66.3 Å². The lowest BCUT2D eigenvalue weighted by atomic mass is 9.81. The quantitative estimate of drug-likeness (QED) is 0.152. The van der Waals surface area contributed by atoms with Crippen LogP contribution in [0.4, 0.5) is 0 Å². The Morgan fingerprint density at radius 3 is 0.786 bits per heavy atom. The van der Waals surface area contributed by atoms with E-state index >= 15 is 0 Å². The number of rotatable bonds is 0. The van der Waals surface area contributed by atoms with E-state index in [0.29, 0.717) is 0 Å². The van der Waals surface area contributed by atoms with Gasteiger partial charge in [-0.25, -0.2) is 9.97 Å². The number of benzene rings is 4. The first-order valence-electron chi connectivity index (χ1n) is 38.3. The fourth-order valence-electron chi connectivity index (χ4n) is 10.8. The summed E-state index contributed by atoms with van der Waals surface area (Å²) in [5.41, 5.74) is 18.6. The van der Waals surface area contributed by atoms with Gasteiger partial charge in [0, 0.05) is 75.8 Å². The molecule has 570 valence electrons. The van der Waals surface area contributed by atoms with Gasteiger partial charge in [-0.3, -0.25) is 9.67 Å². The summed E-state index contributed by atoms with van der Waals surface area (Å²) >= 11 is 0. The van der Waals surface area contributed by atoms with Gasteiger partial charge in [0.05, 0.1) is 11.7 Å². The van der Waals surface area contributed by atoms with Crippen LogP contribution in [0.5, 0.6) is 0 Å². The summed E-state index contributed by atoms with van der Waals surface area (Å²) in [7, 11) is 0. The number of hydrogen-bond donors (Lipinski definition) is 0. The normalized spacial score (nSPS) is 13.1. The summed E-state index contributed by atoms with van der Waals surface area (Å²) in [6.45, 7) is 93.2. The van der Waals surface area contributed by atoms with Crippen LogP contribution in [-0.4, -0.2) is 33.9 Å². The lowest BCUT2D eigenvalue weighted by molar-refractivity contribution is 0.354. The van der Waals surface area contributed by atoms with Crippen LogP contribution in [0.15, 0.2) is 153 Å². The van der Waals surface area contributed by atoms with E-state index < -0.39 is 0 Å². The minimum atomic E-state index is 0.0381. The van der Waals surface area contributed by atoms with Crippen LogP contribution in [0.2, 0.25) is 0 Å². The van der Waals surface area contributed by atoms with E-state index in [9.17, 15) is 0 Å². The van der Waals surface area contributed by atoms with Crippen LogP contribution in [0.25, 0.3) is 21.8 Å². The van der Waals surface area contributed by atoms with Crippen molar-refractivity contribution in [2.75, 3.05) is 0 Å². The molecule has 7 heteroatoms. The van der Waals surface area contributed by atoms with Gasteiger partial charge in [0.25, 0.3) is 0 Å². The highest BCUT2D eigenvalue weighted by Crippen LogP contribution is 2.35. The monoisotopic (exact) mass is 1400 g/mol. The number of hydrogen-bond acceptors (Lipinski definition) is 4. The van der Waals surface area contributed by atoms with Gasteiger partial charge >= 0.3 is 0 Å². The van der Waals surface area contributed by atoms with Gasteiger partial charge in [0.2, 0.25) is 0 Å². The maximum atomic E-state index is 4.52. The maximum absolute atomic E-state index is 4.52. The second kappa shape index (κ2) is 33.0. The molecule has 7 nitrogen and oxygen atoms in total. The molecule has 5 aromatic heterocycles. The summed E-state index contributed by atoms with van der Waals surface area (Å²) in [5.74, 6) is 0.908. The fourth-order valence-corrected chi connectivity index (χ4v) is 10.8. The van der Waals surface area contributed by atoms with Crippen molar-refractivity contribution in [1.82, 2.24) is 33.9 Å². The van der Waals surface area contributed by atoms with Crippen molar-refractivity contribution in [2.45, 2.75) is 367 Å². The molecular weight excluding hydrogens is 1250 g/mol. The molecule has 0 N–H and O–H groups in total. The molecule has 0 saturated heterocycles. The average molecular weight is 1400 g/mol. The smallest absolute Gasteiger partial charge is 0.133 e. The van der Waals surface area contributed by atoms with Crippen molar-refractivity contribution >= 4 is 21.8 Å². The fraction of sp³-hybridized carbons (Fsp3) is 0.583. The Bertz CT molecular complexity index is 3620. The van der Waals surface area contributed by atoms with Crippen LogP contribution >= 0.6 is 0 Å². The van der Waals surface area contributed by atoms with Gasteiger partial charge in [0.1, 0.15) is 5.82 Å². The van der Waals surface area contributed by atoms with Crippen LogP contribution in [-0.2, 0) is 76.2 Å². The molecular formula is C96H151N7. The summed E-state index contributed by atoms with van der Waals surface area (Å²) in [4.78, 5) is 13.3. The molecule has 0 radical (unpaired) electrons. The largest absolute Gasteiger partial charge is 0.342 e. The van der Waals surface area contributed by atoms with E-state index in [4.69, 9.17) is 0 Å². The maximum Gasteiger partial charge on any atom is 0.133 e. The summed E-state index contributed by atoms with van der Waals surface area (Å²) in [6.07, 6.45) is 14.4. The molecule has 0 atom stereocenters. The Kier molecular flexibility index (Phi) is 29.1. The van der Waals surface area contributed by atoms with Crippen molar-refractivity contribution in [2.24, 2.45) is 0 Å². The predicted octanol–water partition coefficient (Wildman–Crippen LogP) is 27.6. The third-order valence-electron chi connectivity index (χ3n) is 18.5. The third-order valence-corrected chi connectivity index (χ3v) is 18.5. The SMILES string of the molecule is CC(C)(C)c1ccc(C(C)(C)C)cc1.CC(C)(C)c1ccc(C(C)(C)C)nc1.CC(C)(C)c1ccc2c(ccn2C(C)(C)C)c1.CC(C)(C)c1ccc2c(ccn2C(C)(C)C)c1.CC(C)(C)c1cccc(C(C)(C)C)c1.CC(C)(C)c1cnc(C(C)(C)C)nc1.CC(C)(C)c1cnn(C(C)(C)C)c1. The van der Waals surface area contributed by atoms with E-state index in [2.05, 4.69) is 448 Å². The summed E-state index contributed by atoms with van der Waals surface area (Å²) in [5, 5.41) is 7.05. The zero-order valence-electron chi connectivity index (χ0n) is 74.1. The van der Waals surface area contributed by atoms with Crippen molar-refractivity contribution in [3.63, 3.8) is 0 Å². The Labute approximate surface area is 633 Å². The minimum Gasteiger partial charge on any atom is -0.342 e. The third kappa shape index (κ3) is 28.7. The Morgan fingerprint density at radius 1 is 0.233 bits per heavy atom. The molecule has 0 aliphatic carbocycles. The van der Waals surface area contributed by atoms with Crippen LogP contribution in [0, 0.1) is 0 Å². The predicted molar refractivity (Wildman–Crippen MR) is 456 cm³/mol. The van der Waals surface area contributed by atoms with E-state index in [1.54, 1.807) is 0 Å².